The zero-order chi connectivity index (χ0) is 13.1. The highest BCUT2D eigenvalue weighted by molar-refractivity contribution is 5.89. The molecule has 0 saturated carbocycles. The van der Waals surface area contributed by atoms with E-state index in [1.807, 2.05) is 0 Å². The van der Waals surface area contributed by atoms with Crippen molar-refractivity contribution in [3.63, 3.8) is 0 Å². The van der Waals surface area contributed by atoms with Crippen molar-refractivity contribution >= 4 is 17.5 Å². The van der Waals surface area contributed by atoms with Crippen LogP contribution in [-0.2, 0) is 0 Å². The predicted molar refractivity (Wildman–Crippen MR) is 70.8 cm³/mol. The number of hydrogen-bond donors (Lipinski definition) is 2. The molecule has 1 aromatic rings. The molecule has 5 nitrogen and oxygen atoms in total. The van der Waals surface area contributed by atoms with Gasteiger partial charge in [0, 0.05) is 19.3 Å². The Hall–Kier alpha value is -1.78. The van der Waals surface area contributed by atoms with Gasteiger partial charge in [-0.25, -0.2) is 9.78 Å². The minimum absolute atomic E-state index is 0.139. The molecule has 0 radical (unpaired) electrons. The molecule has 98 valence electrons. The van der Waals surface area contributed by atoms with E-state index in [9.17, 15) is 4.79 Å². The quantitative estimate of drug-likeness (QED) is 0.853. The van der Waals surface area contributed by atoms with Crippen molar-refractivity contribution in [2.75, 3.05) is 23.7 Å². The fourth-order valence-electron chi connectivity index (χ4n) is 2.52. The van der Waals surface area contributed by atoms with Crippen molar-refractivity contribution in [1.29, 1.82) is 0 Å². The standard InChI is InChI=1S/C13H19N3O2/c1-2-3-9-4-5-16(8-9)12-11(14)6-10(7-15-12)13(17)18/h6-7,9H,2-5,8,14H2,1H3,(H,17,18). The van der Waals surface area contributed by atoms with Gasteiger partial charge in [-0.2, -0.15) is 0 Å². The highest BCUT2D eigenvalue weighted by Crippen LogP contribution is 2.29. The number of rotatable bonds is 4. The van der Waals surface area contributed by atoms with Crippen LogP contribution in [0.5, 0.6) is 0 Å². The molecule has 1 aliphatic rings. The van der Waals surface area contributed by atoms with Crippen LogP contribution in [0.3, 0.4) is 0 Å². The van der Waals surface area contributed by atoms with E-state index in [1.54, 1.807) is 0 Å². The van der Waals surface area contributed by atoms with Crippen LogP contribution in [0.4, 0.5) is 11.5 Å². The molecule has 1 fully saturated rings. The van der Waals surface area contributed by atoms with Crippen LogP contribution in [-0.4, -0.2) is 29.1 Å². The summed E-state index contributed by atoms with van der Waals surface area (Å²) in [6.45, 7) is 4.11. The third-order valence-electron chi connectivity index (χ3n) is 3.42. The Labute approximate surface area is 107 Å². The monoisotopic (exact) mass is 249 g/mol. The number of anilines is 2. The third-order valence-corrected chi connectivity index (χ3v) is 3.42. The lowest BCUT2D eigenvalue weighted by atomic mass is 10.0. The molecule has 5 heteroatoms. The SMILES string of the molecule is CCCC1CCN(c2ncc(C(=O)O)cc2N)C1. The van der Waals surface area contributed by atoms with Gasteiger partial charge < -0.3 is 15.7 Å². The fraction of sp³-hybridized carbons (Fsp3) is 0.538. The first-order chi connectivity index (χ1) is 8.61. The number of aromatic carboxylic acids is 1. The largest absolute Gasteiger partial charge is 0.478 e. The van der Waals surface area contributed by atoms with E-state index < -0.39 is 5.97 Å². The zero-order valence-corrected chi connectivity index (χ0v) is 10.6. The number of nitrogens with two attached hydrogens (primary N) is 1. The van der Waals surface area contributed by atoms with Gasteiger partial charge in [0.05, 0.1) is 11.3 Å². The molecule has 0 spiro atoms. The summed E-state index contributed by atoms with van der Waals surface area (Å²) >= 11 is 0. The van der Waals surface area contributed by atoms with Crippen LogP contribution < -0.4 is 10.6 Å². The van der Waals surface area contributed by atoms with Gasteiger partial charge in [0.15, 0.2) is 5.82 Å². The lowest BCUT2D eigenvalue weighted by molar-refractivity contribution is 0.0696. The van der Waals surface area contributed by atoms with Gasteiger partial charge in [0.1, 0.15) is 0 Å². The van der Waals surface area contributed by atoms with Gasteiger partial charge in [0.25, 0.3) is 0 Å². The lowest BCUT2D eigenvalue weighted by Crippen LogP contribution is -2.22. The van der Waals surface area contributed by atoms with Gasteiger partial charge >= 0.3 is 5.97 Å². The number of nitrogen functional groups attached to an aromatic ring is 1. The Balaban J connectivity index is 2.12. The Kier molecular flexibility index (Phi) is 3.69. The Morgan fingerprint density at radius 2 is 2.44 bits per heavy atom. The second-order valence-electron chi connectivity index (χ2n) is 4.83. The van der Waals surface area contributed by atoms with E-state index >= 15 is 0 Å². The molecule has 0 amide bonds. The van der Waals surface area contributed by atoms with Crippen LogP contribution in [0.2, 0.25) is 0 Å². The van der Waals surface area contributed by atoms with Crippen LogP contribution in [0.25, 0.3) is 0 Å². The van der Waals surface area contributed by atoms with Crippen LogP contribution in [0, 0.1) is 5.92 Å². The molecule has 1 saturated heterocycles. The number of nitrogens with zero attached hydrogens (tertiary/aromatic N) is 2. The summed E-state index contributed by atoms with van der Waals surface area (Å²) in [4.78, 5) is 17.2. The average molecular weight is 249 g/mol. The summed E-state index contributed by atoms with van der Waals surface area (Å²) in [5, 5.41) is 8.87. The Bertz CT molecular complexity index is 448. The minimum atomic E-state index is -0.994. The molecule has 1 aliphatic heterocycles. The van der Waals surface area contributed by atoms with Crippen molar-refractivity contribution in [3.05, 3.63) is 17.8 Å². The first kappa shape index (κ1) is 12.7. The predicted octanol–water partition coefficient (Wildman–Crippen LogP) is 1.99. The summed E-state index contributed by atoms with van der Waals surface area (Å²) in [6, 6.07) is 1.48. The molecule has 0 aromatic carbocycles. The second-order valence-corrected chi connectivity index (χ2v) is 4.83. The number of carboxylic acid groups (broad SMARTS) is 1. The molecule has 1 atom stereocenters. The zero-order valence-electron chi connectivity index (χ0n) is 10.6. The molecule has 2 heterocycles. The van der Waals surface area contributed by atoms with E-state index in [1.165, 1.54) is 25.1 Å². The Morgan fingerprint density at radius 3 is 3.06 bits per heavy atom. The second kappa shape index (κ2) is 5.25. The summed E-state index contributed by atoms with van der Waals surface area (Å²) in [5.74, 6) is 0.431. The number of carbonyl (C=O) groups is 1. The molecular weight excluding hydrogens is 230 g/mol. The van der Waals surface area contributed by atoms with Crippen molar-refractivity contribution in [2.45, 2.75) is 26.2 Å². The van der Waals surface area contributed by atoms with Gasteiger partial charge in [-0.3, -0.25) is 0 Å². The maximum absolute atomic E-state index is 10.8. The topological polar surface area (TPSA) is 79.5 Å². The van der Waals surface area contributed by atoms with Crippen LogP contribution in [0.1, 0.15) is 36.5 Å². The van der Waals surface area contributed by atoms with E-state index in [2.05, 4.69) is 16.8 Å². The molecule has 0 aliphatic carbocycles. The summed E-state index contributed by atoms with van der Waals surface area (Å²) in [7, 11) is 0. The summed E-state index contributed by atoms with van der Waals surface area (Å²) in [6.07, 6.45) is 4.96. The van der Waals surface area contributed by atoms with Crippen molar-refractivity contribution in [1.82, 2.24) is 4.98 Å². The molecule has 2 rings (SSSR count). The van der Waals surface area contributed by atoms with Crippen LogP contribution in [0.15, 0.2) is 12.3 Å². The molecule has 1 unspecified atom stereocenters. The first-order valence-corrected chi connectivity index (χ1v) is 6.35. The summed E-state index contributed by atoms with van der Waals surface area (Å²) in [5.41, 5.74) is 6.48. The van der Waals surface area contributed by atoms with Gasteiger partial charge in [-0.1, -0.05) is 13.3 Å². The van der Waals surface area contributed by atoms with E-state index in [0.717, 1.165) is 25.3 Å². The number of carboxylic acids is 1. The van der Waals surface area contributed by atoms with Gasteiger partial charge in [0.2, 0.25) is 0 Å². The molecular formula is C13H19N3O2. The fourth-order valence-corrected chi connectivity index (χ4v) is 2.52. The maximum atomic E-state index is 10.8. The first-order valence-electron chi connectivity index (χ1n) is 6.35. The Morgan fingerprint density at radius 1 is 1.67 bits per heavy atom. The number of hydrogen-bond acceptors (Lipinski definition) is 4. The van der Waals surface area contributed by atoms with E-state index in [0.29, 0.717) is 11.6 Å². The van der Waals surface area contributed by atoms with Crippen molar-refractivity contribution in [3.8, 4) is 0 Å². The van der Waals surface area contributed by atoms with E-state index in [4.69, 9.17) is 10.8 Å². The molecule has 1 aromatic heterocycles. The van der Waals surface area contributed by atoms with Gasteiger partial charge in [-0.05, 0) is 24.8 Å². The van der Waals surface area contributed by atoms with E-state index in [-0.39, 0.29) is 5.56 Å². The van der Waals surface area contributed by atoms with Gasteiger partial charge in [-0.15, -0.1) is 0 Å². The smallest absolute Gasteiger partial charge is 0.337 e. The highest BCUT2D eigenvalue weighted by Gasteiger charge is 2.24. The van der Waals surface area contributed by atoms with Crippen molar-refractivity contribution in [2.24, 2.45) is 5.92 Å². The van der Waals surface area contributed by atoms with Crippen LogP contribution >= 0.6 is 0 Å². The minimum Gasteiger partial charge on any atom is -0.478 e. The average Bonchev–Trinajstić information content (AvgIpc) is 2.77. The summed E-state index contributed by atoms with van der Waals surface area (Å²) < 4.78 is 0. The molecule has 18 heavy (non-hydrogen) atoms. The van der Waals surface area contributed by atoms with Crippen molar-refractivity contribution < 1.29 is 9.90 Å². The molecule has 0 bridgehead atoms. The molecule has 3 N–H and O–H groups in total. The lowest BCUT2D eigenvalue weighted by Gasteiger charge is -2.19. The maximum Gasteiger partial charge on any atom is 0.337 e. The highest BCUT2D eigenvalue weighted by atomic mass is 16.4. The number of aromatic nitrogens is 1. The third kappa shape index (κ3) is 2.55. The normalized spacial score (nSPS) is 19.2. The number of pyridine rings is 1.